The summed E-state index contributed by atoms with van der Waals surface area (Å²) < 4.78 is 22.5. The molecule has 0 saturated heterocycles. The summed E-state index contributed by atoms with van der Waals surface area (Å²) in [5.74, 6) is -2.41. The van der Waals surface area contributed by atoms with Crippen LogP contribution in [-0.4, -0.2) is 31.7 Å². The van der Waals surface area contributed by atoms with Gasteiger partial charge in [-0.2, -0.15) is 0 Å². The van der Waals surface area contributed by atoms with Crippen molar-refractivity contribution in [1.82, 2.24) is 0 Å². The fourth-order valence-electron chi connectivity index (χ4n) is 1.78. The molecule has 19 heavy (non-hydrogen) atoms. The first kappa shape index (κ1) is 13.5. The molecule has 0 radical (unpaired) electrons. The van der Waals surface area contributed by atoms with Gasteiger partial charge in [-0.15, -0.1) is 0 Å². The molecule has 1 aromatic carbocycles. The molecule has 6 nitrogen and oxygen atoms in total. The van der Waals surface area contributed by atoms with E-state index >= 15 is 0 Å². The average molecular weight is 283 g/mol. The lowest BCUT2D eigenvalue weighted by Gasteiger charge is -2.05. The summed E-state index contributed by atoms with van der Waals surface area (Å²) in [6, 6.07) is 5.75. The lowest BCUT2D eigenvalue weighted by Crippen LogP contribution is -2.16. The second-order valence-corrected chi connectivity index (χ2v) is 6.59. The van der Waals surface area contributed by atoms with Gasteiger partial charge in [-0.1, -0.05) is 0 Å². The van der Waals surface area contributed by atoms with Crippen LogP contribution in [0.3, 0.4) is 0 Å². The van der Waals surface area contributed by atoms with Crippen LogP contribution in [0.2, 0.25) is 0 Å². The van der Waals surface area contributed by atoms with Gasteiger partial charge in [0.1, 0.15) is 0 Å². The van der Waals surface area contributed by atoms with Gasteiger partial charge >= 0.3 is 5.97 Å². The number of anilines is 1. The number of hydrogen-bond acceptors (Lipinski definition) is 4. The third kappa shape index (κ3) is 3.11. The Morgan fingerprint density at radius 1 is 1.21 bits per heavy atom. The van der Waals surface area contributed by atoms with Crippen LogP contribution in [0, 0.1) is 11.8 Å². The maximum Gasteiger partial charge on any atom is 0.307 e. The molecule has 0 bridgehead atoms. The van der Waals surface area contributed by atoms with Gasteiger partial charge in [-0.25, -0.2) is 8.42 Å². The SMILES string of the molecule is CS(=O)(=O)c1ccc(NC(=O)[C@@H]2C[C@@H]2C(=O)O)cc1. The summed E-state index contributed by atoms with van der Waals surface area (Å²) in [5.41, 5.74) is 0.452. The van der Waals surface area contributed by atoms with Crippen molar-refractivity contribution in [3.05, 3.63) is 24.3 Å². The zero-order valence-corrected chi connectivity index (χ0v) is 11.0. The highest BCUT2D eigenvalue weighted by molar-refractivity contribution is 7.90. The number of carbonyl (C=O) groups is 2. The number of amides is 1. The molecular formula is C12H13NO5S. The van der Waals surface area contributed by atoms with Crippen LogP contribution in [-0.2, 0) is 19.4 Å². The Morgan fingerprint density at radius 2 is 1.79 bits per heavy atom. The molecule has 0 aliphatic heterocycles. The van der Waals surface area contributed by atoms with Crippen LogP contribution < -0.4 is 5.32 Å². The van der Waals surface area contributed by atoms with Crippen LogP contribution in [0.4, 0.5) is 5.69 Å². The van der Waals surface area contributed by atoms with Crippen molar-refractivity contribution in [1.29, 1.82) is 0 Å². The zero-order valence-electron chi connectivity index (χ0n) is 10.2. The average Bonchev–Trinajstić information content (AvgIpc) is 3.08. The van der Waals surface area contributed by atoms with E-state index in [2.05, 4.69) is 5.32 Å². The molecule has 1 aliphatic rings. The van der Waals surface area contributed by atoms with Crippen LogP contribution in [0.15, 0.2) is 29.2 Å². The van der Waals surface area contributed by atoms with E-state index in [4.69, 9.17) is 5.11 Å². The Kier molecular flexibility index (Phi) is 3.32. The van der Waals surface area contributed by atoms with Gasteiger partial charge in [0.2, 0.25) is 5.91 Å². The molecule has 2 N–H and O–H groups in total. The minimum Gasteiger partial charge on any atom is -0.481 e. The number of carbonyl (C=O) groups excluding carboxylic acids is 1. The molecule has 7 heteroatoms. The van der Waals surface area contributed by atoms with Gasteiger partial charge in [0.05, 0.1) is 16.7 Å². The first-order chi connectivity index (χ1) is 8.79. The number of benzene rings is 1. The van der Waals surface area contributed by atoms with Crippen molar-refractivity contribution in [2.24, 2.45) is 11.8 Å². The maximum atomic E-state index is 11.7. The lowest BCUT2D eigenvalue weighted by molar-refractivity contribution is -0.139. The molecule has 1 aromatic rings. The molecule has 0 unspecified atom stereocenters. The zero-order chi connectivity index (χ0) is 14.2. The van der Waals surface area contributed by atoms with Crippen molar-refractivity contribution in [3.63, 3.8) is 0 Å². The topological polar surface area (TPSA) is 101 Å². The number of sulfone groups is 1. The van der Waals surface area contributed by atoms with Crippen molar-refractivity contribution >= 4 is 27.4 Å². The highest BCUT2D eigenvalue weighted by Gasteiger charge is 2.48. The Morgan fingerprint density at radius 3 is 2.21 bits per heavy atom. The smallest absolute Gasteiger partial charge is 0.307 e. The number of hydrogen-bond donors (Lipinski definition) is 2. The van der Waals surface area contributed by atoms with Crippen LogP contribution in [0.1, 0.15) is 6.42 Å². The van der Waals surface area contributed by atoms with E-state index in [1.165, 1.54) is 24.3 Å². The monoisotopic (exact) mass is 283 g/mol. The van der Waals surface area contributed by atoms with E-state index in [0.717, 1.165) is 6.26 Å². The Hall–Kier alpha value is -1.89. The van der Waals surface area contributed by atoms with E-state index in [0.29, 0.717) is 12.1 Å². The Bertz CT molecular complexity index is 620. The third-order valence-corrected chi connectivity index (χ3v) is 4.12. The molecular weight excluding hydrogens is 270 g/mol. The van der Waals surface area contributed by atoms with E-state index < -0.39 is 27.6 Å². The molecule has 102 valence electrons. The highest BCUT2D eigenvalue weighted by Crippen LogP contribution is 2.39. The molecule has 0 aromatic heterocycles. The fourth-order valence-corrected chi connectivity index (χ4v) is 2.41. The first-order valence-electron chi connectivity index (χ1n) is 5.63. The van der Waals surface area contributed by atoms with Crippen molar-refractivity contribution < 1.29 is 23.1 Å². The predicted octanol–water partition coefficient (Wildman–Crippen LogP) is 0.749. The van der Waals surface area contributed by atoms with E-state index in [9.17, 15) is 18.0 Å². The number of carboxylic acid groups (broad SMARTS) is 1. The third-order valence-electron chi connectivity index (χ3n) is 2.99. The van der Waals surface area contributed by atoms with E-state index in [1.54, 1.807) is 0 Å². The number of aliphatic carboxylic acids is 1. The van der Waals surface area contributed by atoms with Gasteiger partial charge in [0.15, 0.2) is 9.84 Å². The molecule has 2 rings (SSSR count). The van der Waals surface area contributed by atoms with Gasteiger partial charge < -0.3 is 10.4 Å². The summed E-state index contributed by atoms with van der Waals surface area (Å²) >= 11 is 0. The van der Waals surface area contributed by atoms with Crippen LogP contribution in [0.5, 0.6) is 0 Å². The van der Waals surface area contributed by atoms with Gasteiger partial charge in [0.25, 0.3) is 0 Å². The molecule has 1 saturated carbocycles. The number of rotatable bonds is 4. The Balaban J connectivity index is 2.01. The summed E-state index contributed by atoms with van der Waals surface area (Å²) in [6.45, 7) is 0. The van der Waals surface area contributed by atoms with Crippen molar-refractivity contribution in [2.75, 3.05) is 11.6 Å². The molecule has 0 heterocycles. The highest BCUT2D eigenvalue weighted by atomic mass is 32.2. The summed E-state index contributed by atoms with van der Waals surface area (Å²) in [6.07, 6.45) is 1.45. The largest absolute Gasteiger partial charge is 0.481 e. The summed E-state index contributed by atoms with van der Waals surface area (Å²) in [7, 11) is -3.26. The normalized spacial score (nSPS) is 21.7. The minimum absolute atomic E-state index is 0.167. The van der Waals surface area contributed by atoms with Crippen molar-refractivity contribution in [2.45, 2.75) is 11.3 Å². The standard InChI is InChI=1S/C12H13NO5S/c1-19(17,18)8-4-2-7(3-5-8)13-11(14)9-6-10(9)12(15)16/h2-5,9-10H,6H2,1H3,(H,13,14)(H,15,16)/t9-,10+/m1/s1. The van der Waals surface area contributed by atoms with E-state index in [-0.39, 0.29) is 10.8 Å². The molecule has 2 atom stereocenters. The number of nitrogens with one attached hydrogen (secondary N) is 1. The second-order valence-electron chi connectivity index (χ2n) is 4.57. The van der Waals surface area contributed by atoms with Gasteiger partial charge in [-0.3, -0.25) is 9.59 Å². The fraction of sp³-hybridized carbons (Fsp3) is 0.333. The quantitative estimate of drug-likeness (QED) is 0.849. The van der Waals surface area contributed by atoms with Gasteiger partial charge in [0, 0.05) is 11.9 Å². The minimum atomic E-state index is -3.26. The summed E-state index contributed by atoms with van der Waals surface area (Å²) in [5, 5.41) is 11.3. The predicted molar refractivity (Wildman–Crippen MR) is 67.4 cm³/mol. The van der Waals surface area contributed by atoms with Crippen molar-refractivity contribution in [3.8, 4) is 0 Å². The number of carboxylic acids is 1. The first-order valence-corrected chi connectivity index (χ1v) is 7.52. The maximum absolute atomic E-state index is 11.7. The van der Waals surface area contributed by atoms with Crippen LogP contribution in [0.25, 0.3) is 0 Å². The summed E-state index contributed by atoms with van der Waals surface area (Å²) in [4.78, 5) is 22.5. The Labute approximate surface area is 110 Å². The molecule has 0 spiro atoms. The van der Waals surface area contributed by atoms with E-state index in [1.807, 2.05) is 0 Å². The van der Waals surface area contributed by atoms with Gasteiger partial charge in [-0.05, 0) is 30.7 Å². The molecule has 1 amide bonds. The molecule has 1 aliphatic carbocycles. The lowest BCUT2D eigenvalue weighted by atomic mass is 10.2. The molecule has 1 fully saturated rings. The van der Waals surface area contributed by atoms with Crippen LogP contribution >= 0.6 is 0 Å². The second kappa shape index (κ2) is 4.65.